The van der Waals surface area contributed by atoms with Gasteiger partial charge in [-0.05, 0) is 66.3 Å². The lowest BCUT2D eigenvalue weighted by Gasteiger charge is -2.36. The number of hydrogen-bond acceptors (Lipinski definition) is 5. The van der Waals surface area contributed by atoms with Crippen molar-refractivity contribution in [2.75, 3.05) is 16.9 Å². The second-order valence-electron chi connectivity index (χ2n) is 8.70. The van der Waals surface area contributed by atoms with Gasteiger partial charge in [-0.1, -0.05) is 70.5 Å². The highest BCUT2D eigenvalue weighted by atomic mass is 79.9. The van der Waals surface area contributed by atoms with E-state index < -0.39 is 11.8 Å². The average Bonchev–Trinajstić information content (AvgIpc) is 2.97. The lowest BCUT2D eigenvalue weighted by atomic mass is 10.0. The summed E-state index contributed by atoms with van der Waals surface area (Å²) in [7, 11) is 1.47. The van der Waals surface area contributed by atoms with Gasteiger partial charge in [-0.25, -0.2) is 4.39 Å². The summed E-state index contributed by atoms with van der Waals surface area (Å²) in [6.45, 7) is -0.0115. The summed E-state index contributed by atoms with van der Waals surface area (Å²) >= 11 is 9.18. The number of nitrogens with zero attached hydrogens (tertiary/aromatic N) is 2. The van der Waals surface area contributed by atoms with E-state index in [4.69, 9.17) is 21.7 Å². The van der Waals surface area contributed by atoms with E-state index in [1.807, 2.05) is 12.1 Å². The standard InChI is InChI=1S/C31H22BrFN2O4S/c1-38-27-17-21(25(32)18-28(27)39-19-20-10-8-9-15-26(20)33)16-24-29(36)34(22-11-4-2-5-12-22)31(40)35(30(24)37)23-13-6-3-7-14-23/h2-18H,19H2,1H3. The van der Waals surface area contributed by atoms with Crippen molar-refractivity contribution in [3.63, 3.8) is 0 Å². The average molecular weight is 617 g/mol. The normalized spacial score (nSPS) is 13.5. The summed E-state index contributed by atoms with van der Waals surface area (Å²) < 4.78 is 26.0. The first-order chi connectivity index (χ1) is 19.4. The van der Waals surface area contributed by atoms with Crippen molar-refractivity contribution in [1.29, 1.82) is 0 Å². The zero-order chi connectivity index (χ0) is 28.2. The smallest absolute Gasteiger partial charge is 0.270 e. The maximum Gasteiger partial charge on any atom is 0.270 e. The Morgan fingerprint density at radius 3 is 1.93 bits per heavy atom. The predicted molar refractivity (Wildman–Crippen MR) is 160 cm³/mol. The minimum atomic E-state index is -0.556. The fraction of sp³-hybridized carbons (Fsp3) is 0.0645. The first-order valence-electron chi connectivity index (χ1n) is 12.2. The molecule has 4 aromatic carbocycles. The number of amides is 2. The van der Waals surface area contributed by atoms with Gasteiger partial charge in [-0.2, -0.15) is 0 Å². The van der Waals surface area contributed by atoms with E-state index in [0.29, 0.717) is 38.5 Å². The third-order valence-electron chi connectivity index (χ3n) is 6.20. The number of benzene rings is 4. The number of para-hydroxylation sites is 2. The molecule has 40 heavy (non-hydrogen) atoms. The highest BCUT2D eigenvalue weighted by Crippen LogP contribution is 2.37. The van der Waals surface area contributed by atoms with Crippen LogP contribution >= 0.6 is 28.1 Å². The number of rotatable bonds is 7. The molecule has 1 fully saturated rings. The summed E-state index contributed by atoms with van der Waals surface area (Å²) in [5, 5.41) is 0.0538. The number of hydrogen-bond donors (Lipinski definition) is 0. The number of anilines is 2. The van der Waals surface area contributed by atoms with Crippen LogP contribution in [0.25, 0.3) is 6.08 Å². The Labute approximate surface area is 244 Å². The van der Waals surface area contributed by atoms with E-state index in [9.17, 15) is 14.0 Å². The summed E-state index contributed by atoms with van der Waals surface area (Å²) in [4.78, 5) is 30.2. The van der Waals surface area contributed by atoms with Gasteiger partial charge in [-0.15, -0.1) is 0 Å². The number of thiocarbonyl (C=S) groups is 1. The van der Waals surface area contributed by atoms with Crippen LogP contribution < -0.4 is 19.3 Å². The first kappa shape index (κ1) is 27.2. The van der Waals surface area contributed by atoms with E-state index in [0.717, 1.165) is 0 Å². The van der Waals surface area contributed by atoms with Crippen LogP contribution in [0.1, 0.15) is 11.1 Å². The predicted octanol–water partition coefficient (Wildman–Crippen LogP) is 6.92. The zero-order valence-corrected chi connectivity index (χ0v) is 23.6. The first-order valence-corrected chi connectivity index (χ1v) is 13.4. The lowest BCUT2D eigenvalue weighted by Crippen LogP contribution is -2.56. The van der Waals surface area contributed by atoms with E-state index in [2.05, 4.69) is 15.9 Å². The molecule has 6 nitrogen and oxygen atoms in total. The largest absolute Gasteiger partial charge is 0.493 e. The van der Waals surface area contributed by atoms with E-state index >= 15 is 0 Å². The minimum absolute atomic E-state index is 0.0115. The van der Waals surface area contributed by atoms with Crippen LogP contribution in [0, 0.1) is 5.82 Å². The van der Waals surface area contributed by atoms with Gasteiger partial charge in [0.15, 0.2) is 16.6 Å². The summed E-state index contributed by atoms with van der Waals surface area (Å²) in [6.07, 6.45) is 1.49. The quantitative estimate of drug-likeness (QED) is 0.128. The Hall–Kier alpha value is -4.34. The van der Waals surface area contributed by atoms with Gasteiger partial charge < -0.3 is 9.47 Å². The fourth-order valence-corrected chi connectivity index (χ4v) is 5.01. The molecule has 1 saturated heterocycles. The van der Waals surface area contributed by atoms with Gasteiger partial charge in [0.25, 0.3) is 11.8 Å². The van der Waals surface area contributed by atoms with Crippen molar-refractivity contribution in [3.8, 4) is 11.5 Å². The van der Waals surface area contributed by atoms with E-state index in [-0.39, 0.29) is 23.1 Å². The van der Waals surface area contributed by atoms with Gasteiger partial charge in [0.05, 0.1) is 18.5 Å². The fourth-order valence-electron chi connectivity index (χ4n) is 4.20. The van der Waals surface area contributed by atoms with E-state index in [1.165, 1.54) is 29.1 Å². The third-order valence-corrected chi connectivity index (χ3v) is 7.25. The van der Waals surface area contributed by atoms with Crippen molar-refractivity contribution in [1.82, 2.24) is 0 Å². The molecule has 0 atom stereocenters. The highest BCUT2D eigenvalue weighted by Gasteiger charge is 2.41. The molecule has 200 valence electrons. The van der Waals surface area contributed by atoms with Crippen molar-refractivity contribution >= 4 is 62.5 Å². The molecule has 0 bridgehead atoms. The molecule has 1 aliphatic heterocycles. The van der Waals surface area contributed by atoms with Crippen LogP contribution in [0.3, 0.4) is 0 Å². The van der Waals surface area contributed by atoms with Crippen LogP contribution in [0.15, 0.2) is 107 Å². The van der Waals surface area contributed by atoms with Gasteiger partial charge in [0, 0.05) is 10.0 Å². The van der Waals surface area contributed by atoms with Crippen LogP contribution in [-0.4, -0.2) is 24.0 Å². The number of carbonyl (C=O) groups is 2. The Balaban J connectivity index is 1.55. The van der Waals surface area contributed by atoms with Gasteiger partial charge in [0.2, 0.25) is 0 Å². The number of halogens is 2. The van der Waals surface area contributed by atoms with Crippen LogP contribution in [-0.2, 0) is 16.2 Å². The van der Waals surface area contributed by atoms with Crippen molar-refractivity contribution in [3.05, 3.63) is 124 Å². The van der Waals surface area contributed by atoms with Crippen LogP contribution in [0.4, 0.5) is 15.8 Å². The topological polar surface area (TPSA) is 59.1 Å². The van der Waals surface area contributed by atoms with Gasteiger partial charge >= 0.3 is 0 Å². The maximum absolute atomic E-state index is 14.1. The number of carbonyl (C=O) groups excluding carboxylic acids is 2. The molecule has 1 heterocycles. The van der Waals surface area contributed by atoms with Crippen LogP contribution in [0.5, 0.6) is 11.5 Å². The molecule has 0 radical (unpaired) electrons. The van der Waals surface area contributed by atoms with Crippen molar-refractivity contribution < 1.29 is 23.5 Å². The van der Waals surface area contributed by atoms with Crippen molar-refractivity contribution in [2.24, 2.45) is 0 Å². The Bertz CT molecular complexity index is 1570. The maximum atomic E-state index is 14.1. The Morgan fingerprint density at radius 2 is 1.38 bits per heavy atom. The summed E-state index contributed by atoms with van der Waals surface area (Å²) in [5.74, 6) is -0.783. The molecule has 1 aliphatic rings. The molecule has 0 aromatic heterocycles. The SMILES string of the molecule is COc1cc(C=C2C(=O)N(c3ccccc3)C(=S)N(c3ccccc3)C2=O)c(Br)cc1OCc1ccccc1F. The lowest BCUT2D eigenvalue weighted by molar-refractivity contribution is -0.120. The molecular formula is C31H22BrFN2O4S. The van der Waals surface area contributed by atoms with Crippen molar-refractivity contribution in [2.45, 2.75) is 6.61 Å². The molecular weight excluding hydrogens is 595 g/mol. The zero-order valence-electron chi connectivity index (χ0n) is 21.2. The molecule has 0 saturated carbocycles. The minimum Gasteiger partial charge on any atom is -0.493 e. The number of methoxy groups -OCH3 is 1. The second-order valence-corrected chi connectivity index (χ2v) is 9.92. The van der Waals surface area contributed by atoms with Crippen LogP contribution in [0.2, 0.25) is 0 Å². The molecule has 0 N–H and O–H groups in total. The molecule has 5 rings (SSSR count). The Kier molecular flexibility index (Phi) is 8.04. The van der Waals surface area contributed by atoms with Gasteiger partial charge in [0.1, 0.15) is 18.0 Å². The summed E-state index contributed by atoms with van der Waals surface area (Å²) in [5.41, 5.74) is 1.86. The monoisotopic (exact) mass is 616 g/mol. The molecule has 4 aromatic rings. The summed E-state index contributed by atoms with van der Waals surface area (Å²) in [6, 6.07) is 27.5. The third kappa shape index (κ3) is 5.38. The molecule has 0 spiro atoms. The molecule has 9 heteroatoms. The molecule has 2 amide bonds. The van der Waals surface area contributed by atoms with E-state index in [1.54, 1.807) is 78.9 Å². The highest BCUT2D eigenvalue weighted by molar-refractivity contribution is 9.10. The molecule has 0 unspecified atom stereocenters. The molecule has 0 aliphatic carbocycles. The Morgan fingerprint density at radius 1 is 0.825 bits per heavy atom. The second kappa shape index (κ2) is 11.8. The number of ether oxygens (including phenoxy) is 2. The van der Waals surface area contributed by atoms with Gasteiger partial charge in [-0.3, -0.25) is 19.4 Å².